The number of hydrogen-bond donors (Lipinski definition) is 0. The van der Waals surface area contributed by atoms with Crippen molar-refractivity contribution in [2.45, 2.75) is 20.5 Å². The minimum absolute atomic E-state index is 0. The molecule has 6 heteroatoms. The third kappa shape index (κ3) is 5.80. The molecule has 2 aromatic rings. The zero-order chi connectivity index (χ0) is 18.2. The van der Waals surface area contributed by atoms with Gasteiger partial charge < -0.3 is 14.6 Å². The molecule has 0 aliphatic rings. The summed E-state index contributed by atoms with van der Waals surface area (Å²) in [5.74, 6) is -1.84. The predicted octanol–water partition coefficient (Wildman–Crippen LogP) is 2.11. The van der Waals surface area contributed by atoms with Gasteiger partial charge in [0.25, 0.3) is 5.78 Å². The Hall–Kier alpha value is -2.48. The van der Waals surface area contributed by atoms with Crippen molar-refractivity contribution < 1.29 is 24.2 Å². The first-order valence-corrected chi connectivity index (χ1v) is 7.89. The Bertz CT molecular complexity index is 767. The molecule has 0 spiro atoms. The third-order valence-corrected chi connectivity index (χ3v) is 3.51. The van der Waals surface area contributed by atoms with Gasteiger partial charge in [-0.2, -0.15) is 0 Å². The summed E-state index contributed by atoms with van der Waals surface area (Å²) >= 11 is 0. The fourth-order valence-electron chi connectivity index (χ4n) is 2.11. The molecule has 0 atom stereocenters. The van der Waals surface area contributed by atoms with Crippen LogP contribution in [0.3, 0.4) is 0 Å². The van der Waals surface area contributed by atoms with Crippen LogP contribution in [-0.2, 0) is 20.9 Å². The molecule has 26 heavy (non-hydrogen) atoms. The zero-order valence-corrected chi connectivity index (χ0v) is 15.2. The first kappa shape index (κ1) is 21.6. The van der Waals surface area contributed by atoms with Crippen LogP contribution in [0.5, 0.6) is 5.75 Å². The van der Waals surface area contributed by atoms with Crippen molar-refractivity contribution in [3.63, 3.8) is 0 Å². The molecule has 0 saturated carbocycles. The maximum Gasteiger partial charge on any atom is 0.379 e. The molecule has 1 radical (unpaired) electrons. The van der Waals surface area contributed by atoms with Gasteiger partial charge in [-0.25, -0.2) is 4.79 Å². The minimum Gasteiger partial charge on any atom is -0.872 e. The van der Waals surface area contributed by atoms with E-state index >= 15 is 0 Å². The van der Waals surface area contributed by atoms with Crippen LogP contribution in [0, 0.1) is 0 Å². The standard InChI is InChI=1S/C20H20O5.Li/c1-3-24-20(23)19(22)14(2)18(21)16-9-11-17(12-10-16)25-13-15-7-5-4-6-8-15;/h4-12,21H,3,13H2,1-2H3;/p-1. The topological polar surface area (TPSA) is 75.7 Å². The Morgan fingerprint density at radius 1 is 1.00 bits per heavy atom. The van der Waals surface area contributed by atoms with Gasteiger partial charge >= 0.3 is 5.97 Å². The summed E-state index contributed by atoms with van der Waals surface area (Å²) in [5.41, 5.74) is 1.17. The first-order chi connectivity index (χ1) is 12.0. The summed E-state index contributed by atoms with van der Waals surface area (Å²) in [5, 5.41) is 12.3. The fourth-order valence-corrected chi connectivity index (χ4v) is 2.11. The van der Waals surface area contributed by atoms with Crippen LogP contribution in [0.2, 0.25) is 0 Å². The molecule has 5 nitrogen and oxygen atoms in total. The average Bonchev–Trinajstić information content (AvgIpc) is 2.66. The Morgan fingerprint density at radius 3 is 2.19 bits per heavy atom. The minimum atomic E-state index is -1.02. The normalized spacial score (nSPS) is 11.0. The van der Waals surface area contributed by atoms with E-state index in [0.29, 0.717) is 17.9 Å². The van der Waals surface area contributed by atoms with Gasteiger partial charge in [0, 0.05) is 18.9 Å². The summed E-state index contributed by atoms with van der Waals surface area (Å²) in [6.07, 6.45) is 0. The summed E-state index contributed by atoms with van der Waals surface area (Å²) in [6, 6.07) is 16.1. The predicted molar refractivity (Wildman–Crippen MR) is 97.2 cm³/mol. The van der Waals surface area contributed by atoms with Crippen molar-refractivity contribution >= 4 is 36.4 Å². The van der Waals surface area contributed by atoms with Crippen LogP contribution in [0.25, 0.3) is 5.76 Å². The number of benzene rings is 2. The maximum atomic E-state index is 12.3. The second-order valence-electron chi connectivity index (χ2n) is 5.30. The Balaban J connectivity index is 0.00000338. The van der Waals surface area contributed by atoms with Crippen molar-refractivity contribution in [3.05, 3.63) is 71.3 Å². The SMILES string of the molecule is CCOC(=O)C(=O)C(C)=C([O-])c1ccc(OCc2ccccc2)cc1.[Li]. The molecule has 0 saturated heterocycles. The molecule has 0 heterocycles. The van der Waals surface area contributed by atoms with Gasteiger partial charge in [0.1, 0.15) is 12.4 Å². The Kier molecular flexibility index (Phi) is 8.70. The number of ether oxygens (including phenoxy) is 2. The van der Waals surface area contributed by atoms with Gasteiger partial charge in [-0.3, -0.25) is 4.79 Å². The van der Waals surface area contributed by atoms with E-state index in [1.54, 1.807) is 31.2 Å². The van der Waals surface area contributed by atoms with E-state index in [4.69, 9.17) is 4.74 Å². The number of Topliss-reactive ketones (excluding diaryl/α,β-unsaturated/α-hetero) is 1. The zero-order valence-electron chi connectivity index (χ0n) is 15.2. The van der Waals surface area contributed by atoms with Crippen LogP contribution < -0.4 is 9.84 Å². The van der Waals surface area contributed by atoms with Gasteiger partial charge in [0.05, 0.1) is 6.61 Å². The second kappa shape index (κ2) is 10.5. The molecule has 0 amide bonds. The second-order valence-corrected chi connectivity index (χ2v) is 5.30. The van der Waals surface area contributed by atoms with E-state index < -0.39 is 17.5 Å². The van der Waals surface area contributed by atoms with Gasteiger partial charge in [-0.15, -0.1) is 0 Å². The number of esters is 1. The summed E-state index contributed by atoms with van der Waals surface area (Å²) < 4.78 is 10.3. The van der Waals surface area contributed by atoms with Gasteiger partial charge in [0.2, 0.25) is 0 Å². The Labute approximate surface area is 164 Å². The molecular weight excluding hydrogens is 327 g/mol. The van der Waals surface area contributed by atoms with Crippen molar-refractivity contribution in [1.29, 1.82) is 0 Å². The molecule has 0 bridgehead atoms. The van der Waals surface area contributed by atoms with Crippen molar-refractivity contribution in [2.75, 3.05) is 6.61 Å². The molecule has 0 fully saturated rings. The van der Waals surface area contributed by atoms with E-state index in [9.17, 15) is 14.7 Å². The van der Waals surface area contributed by atoms with Crippen LogP contribution in [-0.4, -0.2) is 37.2 Å². The molecule has 0 N–H and O–H groups in total. The molecule has 0 aliphatic carbocycles. The largest absolute Gasteiger partial charge is 0.872 e. The number of hydrogen-bond acceptors (Lipinski definition) is 5. The fraction of sp³-hybridized carbons (Fsp3) is 0.200. The van der Waals surface area contributed by atoms with E-state index in [-0.39, 0.29) is 31.0 Å². The van der Waals surface area contributed by atoms with Gasteiger partial charge in [-0.1, -0.05) is 48.2 Å². The number of rotatable bonds is 7. The van der Waals surface area contributed by atoms with Crippen molar-refractivity contribution in [1.82, 2.24) is 0 Å². The van der Waals surface area contributed by atoms with Crippen LogP contribution in [0.15, 0.2) is 60.2 Å². The first-order valence-electron chi connectivity index (χ1n) is 7.89. The van der Waals surface area contributed by atoms with Crippen LogP contribution in [0.1, 0.15) is 25.0 Å². The van der Waals surface area contributed by atoms with Gasteiger partial charge in [-0.05, 0) is 42.7 Å². The number of ketones is 1. The quantitative estimate of drug-likeness (QED) is 0.252. The Morgan fingerprint density at radius 2 is 1.62 bits per heavy atom. The van der Waals surface area contributed by atoms with Crippen molar-refractivity contribution in [2.24, 2.45) is 0 Å². The smallest absolute Gasteiger partial charge is 0.379 e. The molecule has 2 aromatic carbocycles. The molecule has 2 rings (SSSR count). The van der Waals surface area contributed by atoms with Crippen molar-refractivity contribution in [3.8, 4) is 5.75 Å². The molecular formula is C20H19LiO5-. The molecule has 131 valence electrons. The van der Waals surface area contributed by atoms with E-state index in [0.717, 1.165) is 5.56 Å². The molecule has 0 aliphatic heterocycles. The summed E-state index contributed by atoms with van der Waals surface area (Å²) in [6.45, 7) is 3.41. The van der Waals surface area contributed by atoms with Crippen LogP contribution in [0.4, 0.5) is 0 Å². The van der Waals surface area contributed by atoms with E-state index in [1.807, 2.05) is 30.3 Å². The van der Waals surface area contributed by atoms with Gasteiger partial charge in [0.15, 0.2) is 0 Å². The number of carbonyl (C=O) groups is 2. The summed E-state index contributed by atoms with van der Waals surface area (Å²) in [4.78, 5) is 23.2. The molecule has 0 unspecified atom stereocenters. The monoisotopic (exact) mass is 346 g/mol. The van der Waals surface area contributed by atoms with E-state index in [2.05, 4.69) is 4.74 Å². The summed E-state index contributed by atoms with van der Waals surface area (Å²) in [7, 11) is 0. The maximum absolute atomic E-state index is 12.3. The third-order valence-electron chi connectivity index (χ3n) is 3.51. The van der Waals surface area contributed by atoms with Crippen LogP contribution >= 0.6 is 0 Å². The molecule has 0 aromatic heterocycles. The number of carbonyl (C=O) groups excluding carboxylic acids is 2. The van der Waals surface area contributed by atoms with E-state index in [1.165, 1.54) is 6.92 Å². The average molecular weight is 346 g/mol.